The van der Waals surface area contributed by atoms with Crippen LogP contribution in [0.3, 0.4) is 0 Å². The van der Waals surface area contributed by atoms with E-state index in [-0.39, 0.29) is 12.0 Å². The third kappa shape index (κ3) is 8.02. The number of rotatable bonds is 11. The van der Waals surface area contributed by atoms with Gasteiger partial charge >= 0.3 is 0 Å². The molecular formula is C30H37N5O3S. The number of nitrogens with zero attached hydrogens (tertiary/aromatic N) is 4. The summed E-state index contributed by atoms with van der Waals surface area (Å²) in [7, 11) is 1.69. The second kappa shape index (κ2) is 13.9. The van der Waals surface area contributed by atoms with Gasteiger partial charge in [0.2, 0.25) is 0 Å². The zero-order valence-electron chi connectivity index (χ0n) is 22.6. The van der Waals surface area contributed by atoms with Crippen molar-refractivity contribution in [2.75, 3.05) is 51.3 Å². The summed E-state index contributed by atoms with van der Waals surface area (Å²) in [6, 6.07) is 20.4. The first-order valence-electron chi connectivity index (χ1n) is 13.7. The Morgan fingerprint density at radius 2 is 1.85 bits per heavy atom. The van der Waals surface area contributed by atoms with Gasteiger partial charge in [-0.15, -0.1) is 0 Å². The lowest BCUT2D eigenvalue weighted by atomic mass is 10.1. The van der Waals surface area contributed by atoms with E-state index in [1.807, 2.05) is 30.3 Å². The molecule has 206 valence electrons. The Morgan fingerprint density at radius 1 is 1.05 bits per heavy atom. The number of ether oxygens (including phenoxy) is 2. The van der Waals surface area contributed by atoms with E-state index in [1.54, 1.807) is 18.9 Å². The average Bonchev–Trinajstić information content (AvgIpc) is 3.50. The molecule has 1 aromatic heterocycles. The van der Waals surface area contributed by atoms with Crippen molar-refractivity contribution in [2.45, 2.75) is 43.0 Å². The molecule has 0 aliphatic carbocycles. The van der Waals surface area contributed by atoms with Crippen molar-refractivity contribution >= 4 is 23.5 Å². The predicted molar refractivity (Wildman–Crippen MR) is 154 cm³/mol. The highest BCUT2D eigenvalue weighted by Gasteiger charge is 2.20. The molecule has 1 amide bonds. The molecule has 0 unspecified atom stereocenters. The highest BCUT2D eigenvalue weighted by Crippen LogP contribution is 2.24. The first-order chi connectivity index (χ1) is 19.2. The number of piperazine rings is 1. The van der Waals surface area contributed by atoms with Crippen LogP contribution in [-0.4, -0.2) is 73.3 Å². The minimum Gasteiger partial charge on any atom is -0.378 e. The van der Waals surface area contributed by atoms with Crippen LogP contribution in [0.25, 0.3) is 0 Å². The number of aromatic nitrogens is 2. The van der Waals surface area contributed by atoms with Gasteiger partial charge in [-0.2, -0.15) is 0 Å². The van der Waals surface area contributed by atoms with E-state index < -0.39 is 0 Å². The Bertz CT molecular complexity index is 1200. The first kappa shape index (κ1) is 27.6. The van der Waals surface area contributed by atoms with Crippen molar-refractivity contribution in [3.63, 3.8) is 0 Å². The van der Waals surface area contributed by atoms with Crippen molar-refractivity contribution in [1.82, 2.24) is 20.2 Å². The SMILES string of the molecule is COCc1cc(N2CCN(Cc3ccccc3)CC2)nc(SCc2ccc(C(=O)NC[C@@H]3CCCO3)cc2)n1. The van der Waals surface area contributed by atoms with Gasteiger partial charge in [-0.05, 0) is 36.1 Å². The number of amides is 1. The molecule has 2 saturated heterocycles. The Hall–Kier alpha value is -2.98. The van der Waals surface area contributed by atoms with Crippen molar-refractivity contribution in [3.8, 4) is 0 Å². The summed E-state index contributed by atoms with van der Waals surface area (Å²) in [5.41, 5.74) is 4.01. The van der Waals surface area contributed by atoms with Gasteiger partial charge in [0.1, 0.15) is 5.82 Å². The second-order valence-corrected chi connectivity index (χ2v) is 11.0. The molecule has 1 atom stereocenters. The number of carbonyl (C=O) groups is 1. The summed E-state index contributed by atoms with van der Waals surface area (Å²) in [6.07, 6.45) is 2.22. The van der Waals surface area contributed by atoms with Crippen LogP contribution in [0.15, 0.2) is 65.8 Å². The number of hydrogen-bond donors (Lipinski definition) is 1. The van der Waals surface area contributed by atoms with E-state index >= 15 is 0 Å². The molecule has 3 heterocycles. The number of anilines is 1. The monoisotopic (exact) mass is 547 g/mol. The van der Waals surface area contributed by atoms with E-state index in [1.165, 1.54) is 5.56 Å². The third-order valence-corrected chi connectivity index (χ3v) is 8.00. The fraction of sp³-hybridized carbons (Fsp3) is 0.433. The second-order valence-electron chi connectivity index (χ2n) is 10.0. The minimum absolute atomic E-state index is 0.0613. The van der Waals surface area contributed by atoms with E-state index in [0.717, 1.165) is 80.2 Å². The van der Waals surface area contributed by atoms with Gasteiger partial charge in [0, 0.05) is 70.4 Å². The molecule has 0 spiro atoms. The van der Waals surface area contributed by atoms with E-state index in [9.17, 15) is 4.79 Å². The predicted octanol–water partition coefficient (Wildman–Crippen LogP) is 4.15. The maximum absolute atomic E-state index is 12.5. The van der Waals surface area contributed by atoms with Crippen molar-refractivity contribution in [2.24, 2.45) is 0 Å². The number of nitrogens with one attached hydrogen (secondary N) is 1. The zero-order valence-corrected chi connectivity index (χ0v) is 23.4. The Morgan fingerprint density at radius 3 is 2.56 bits per heavy atom. The number of methoxy groups -OCH3 is 1. The largest absolute Gasteiger partial charge is 0.378 e. The van der Waals surface area contributed by atoms with Gasteiger partial charge < -0.3 is 19.7 Å². The van der Waals surface area contributed by atoms with Crippen LogP contribution in [0.2, 0.25) is 0 Å². The van der Waals surface area contributed by atoms with Crippen LogP contribution >= 0.6 is 11.8 Å². The number of carbonyl (C=O) groups excluding carboxylic acids is 1. The molecule has 8 nitrogen and oxygen atoms in total. The smallest absolute Gasteiger partial charge is 0.251 e. The lowest BCUT2D eigenvalue weighted by Gasteiger charge is -2.35. The van der Waals surface area contributed by atoms with Crippen LogP contribution in [0.4, 0.5) is 5.82 Å². The molecule has 2 aliphatic rings. The van der Waals surface area contributed by atoms with Gasteiger partial charge in [0.25, 0.3) is 5.91 Å². The van der Waals surface area contributed by atoms with Crippen molar-refractivity contribution in [1.29, 1.82) is 0 Å². The van der Waals surface area contributed by atoms with Gasteiger partial charge in [0.15, 0.2) is 5.16 Å². The lowest BCUT2D eigenvalue weighted by Crippen LogP contribution is -2.46. The molecule has 2 fully saturated rings. The molecule has 5 rings (SSSR count). The van der Waals surface area contributed by atoms with Crippen LogP contribution in [0, 0.1) is 0 Å². The number of thioether (sulfide) groups is 1. The van der Waals surface area contributed by atoms with Gasteiger partial charge in [-0.3, -0.25) is 9.69 Å². The highest BCUT2D eigenvalue weighted by atomic mass is 32.2. The maximum atomic E-state index is 12.5. The first-order valence-corrected chi connectivity index (χ1v) is 14.6. The summed E-state index contributed by atoms with van der Waals surface area (Å²) >= 11 is 1.60. The fourth-order valence-electron chi connectivity index (χ4n) is 4.90. The molecule has 3 aromatic rings. The molecule has 0 radical (unpaired) electrons. The molecule has 39 heavy (non-hydrogen) atoms. The van der Waals surface area contributed by atoms with Crippen LogP contribution < -0.4 is 10.2 Å². The normalized spacial score (nSPS) is 17.9. The molecule has 2 aliphatic heterocycles. The van der Waals surface area contributed by atoms with Crippen LogP contribution in [-0.2, 0) is 28.4 Å². The summed E-state index contributed by atoms with van der Waals surface area (Å²) in [6.45, 7) is 6.63. The van der Waals surface area contributed by atoms with Gasteiger partial charge in [0.05, 0.1) is 18.4 Å². The molecule has 2 aromatic carbocycles. The fourth-order valence-corrected chi connectivity index (χ4v) is 5.73. The minimum atomic E-state index is -0.0613. The zero-order chi connectivity index (χ0) is 26.9. The Balaban J connectivity index is 1.16. The standard InChI is InChI=1S/C30H37N5O3S/c1-37-21-26-18-28(35-15-13-34(14-16-35)20-23-6-3-2-4-7-23)33-30(32-26)39-22-24-9-11-25(12-10-24)29(36)31-19-27-8-5-17-38-27/h2-4,6-7,9-12,18,27H,5,8,13-17,19-22H2,1H3,(H,31,36)/t27-/m0/s1. The van der Waals surface area contributed by atoms with E-state index in [0.29, 0.717) is 18.7 Å². The van der Waals surface area contributed by atoms with Crippen molar-refractivity contribution < 1.29 is 14.3 Å². The topological polar surface area (TPSA) is 79.8 Å². The van der Waals surface area contributed by atoms with Gasteiger partial charge in [-0.25, -0.2) is 9.97 Å². The van der Waals surface area contributed by atoms with Crippen LogP contribution in [0.1, 0.15) is 40.0 Å². The molecule has 0 bridgehead atoms. The summed E-state index contributed by atoms with van der Waals surface area (Å²) in [4.78, 5) is 26.9. The third-order valence-electron chi connectivity index (χ3n) is 7.08. The summed E-state index contributed by atoms with van der Waals surface area (Å²) in [5, 5.41) is 3.72. The summed E-state index contributed by atoms with van der Waals surface area (Å²) in [5.74, 6) is 1.62. The number of hydrogen-bond acceptors (Lipinski definition) is 8. The van der Waals surface area contributed by atoms with E-state index in [4.69, 9.17) is 19.4 Å². The molecule has 0 saturated carbocycles. The van der Waals surface area contributed by atoms with Gasteiger partial charge in [-0.1, -0.05) is 54.2 Å². The molecular weight excluding hydrogens is 510 g/mol. The Kier molecular flexibility index (Phi) is 9.82. The lowest BCUT2D eigenvalue weighted by molar-refractivity contribution is 0.0858. The highest BCUT2D eigenvalue weighted by molar-refractivity contribution is 7.98. The molecule has 1 N–H and O–H groups in total. The summed E-state index contributed by atoms with van der Waals surface area (Å²) < 4.78 is 11.0. The molecule has 9 heteroatoms. The van der Waals surface area contributed by atoms with Crippen molar-refractivity contribution in [3.05, 3.63) is 83.0 Å². The van der Waals surface area contributed by atoms with Crippen LogP contribution in [0.5, 0.6) is 0 Å². The average molecular weight is 548 g/mol. The van der Waals surface area contributed by atoms with E-state index in [2.05, 4.69) is 45.4 Å². The maximum Gasteiger partial charge on any atom is 0.251 e. The Labute approximate surface area is 235 Å². The quantitative estimate of drug-likeness (QED) is 0.283. The number of benzene rings is 2.